The van der Waals surface area contributed by atoms with Crippen LogP contribution in [0.4, 0.5) is 0 Å². The number of rotatable bonds is 7. The number of aromatic nitrogens is 2. The normalized spacial score (nSPS) is 10.9. The molecule has 1 aromatic heterocycles. The SMILES string of the molecule is CCc1c(CC(=O)O)cccc1-c1cnc(-c2ccc(OC(C)C)c(Cl)c2)nc1. The highest BCUT2D eigenvalue weighted by Crippen LogP contribution is 2.31. The molecule has 0 aliphatic carbocycles. The number of aliphatic carboxylic acids is 1. The number of benzene rings is 2. The number of halogens is 1. The molecule has 1 N–H and O–H groups in total. The second kappa shape index (κ2) is 9.05. The molecule has 0 spiro atoms. The van der Waals surface area contributed by atoms with Crippen LogP contribution in [-0.2, 0) is 17.6 Å². The van der Waals surface area contributed by atoms with E-state index in [9.17, 15) is 4.79 Å². The molecule has 0 saturated carbocycles. The summed E-state index contributed by atoms with van der Waals surface area (Å²) < 4.78 is 5.66. The first-order valence-electron chi connectivity index (χ1n) is 9.50. The Morgan fingerprint density at radius 3 is 2.45 bits per heavy atom. The van der Waals surface area contributed by atoms with Gasteiger partial charge in [-0.05, 0) is 55.2 Å². The van der Waals surface area contributed by atoms with Crippen LogP contribution in [0.25, 0.3) is 22.5 Å². The quantitative estimate of drug-likeness (QED) is 0.561. The highest BCUT2D eigenvalue weighted by molar-refractivity contribution is 6.32. The van der Waals surface area contributed by atoms with E-state index in [0.717, 1.165) is 34.2 Å². The van der Waals surface area contributed by atoms with Crippen LogP contribution in [0.2, 0.25) is 5.02 Å². The topological polar surface area (TPSA) is 72.3 Å². The highest BCUT2D eigenvalue weighted by Gasteiger charge is 2.13. The Hall–Kier alpha value is -2.92. The summed E-state index contributed by atoms with van der Waals surface area (Å²) in [6, 6.07) is 11.2. The largest absolute Gasteiger partial charge is 0.489 e. The standard InChI is InChI=1S/C23H23ClN2O3/c1-4-18-15(11-22(27)28)6-5-7-19(18)17-12-25-23(26-13-17)16-8-9-21(20(24)10-16)29-14(2)3/h5-10,12-14H,4,11H2,1-3H3,(H,27,28). The number of carbonyl (C=O) groups is 1. The average molecular weight is 411 g/mol. The van der Waals surface area contributed by atoms with Crippen LogP contribution in [0.5, 0.6) is 5.75 Å². The molecule has 0 atom stereocenters. The van der Waals surface area contributed by atoms with Crippen molar-refractivity contribution >= 4 is 17.6 Å². The van der Waals surface area contributed by atoms with Gasteiger partial charge in [0, 0.05) is 23.5 Å². The number of nitrogens with zero attached hydrogens (tertiary/aromatic N) is 2. The van der Waals surface area contributed by atoms with E-state index in [1.54, 1.807) is 18.5 Å². The smallest absolute Gasteiger partial charge is 0.307 e. The van der Waals surface area contributed by atoms with Crippen LogP contribution < -0.4 is 4.74 Å². The van der Waals surface area contributed by atoms with Crippen molar-refractivity contribution in [1.29, 1.82) is 0 Å². The molecule has 0 saturated heterocycles. The van der Waals surface area contributed by atoms with Crippen molar-refractivity contribution in [2.24, 2.45) is 0 Å². The molecular weight excluding hydrogens is 388 g/mol. The molecule has 3 aromatic rings. The first-order valence-corrected chi connectivity index (χ1v) is 9.88. The predicted molar refractivity (Wildman–Crippen MR) is 114 cm³/mol. The molecule has 0 aliphatic rings. The molecule has 0 radical (unpaired) electrons. The van der Waals surface area contributed by atoms with E-state index >= 15 is 0 Å². The van der Waals surface area contributed by atoms with E-state index in [1.807, 2.05) is 51.1 Å². The monoisotopic (exact) mass is 410 g/mol. The molecule has 0 aliphatic heterocycles. The van der Waals surface area contributed by atoms with Gasteiger partial charge in [-0.2, -0.15) is 0 Å². The minimum absolute atomic E-state index is 0.000744. The summed E-state index contributed by atoms with van der Waals surface area (Å²) in [6.07, 6.45) is 4.28. The molecule has 3 rings (SSSR count). The fourth-order valence-corrected chi connectivity index (χ4v) is 3.48. The number of carboxylic acids is 1. The molecule has 0 unspecified atom stereocenters. The van der Waals surface area contributed by atoms with E-state index in [-0.39, 0.29) is 12.5 Å². The van der Waals surface area contributed by atoms with Gasteiger partial charge in [0.2, 0.25) is 0 Å². The molecule has 0 amide bonds. The van der Waals surface area contributed by atoms with Gasteiger partial charge in [-0.1, -0.05) is 36.7 Å². The first kappa shape index (κ1) is 20.8. The average Bonchev–Trinajstić information content (AvgIpc) is 2.69. The van der Waals surface area contributed by atoms with E-state index in [2.05, 4.69) is 9.97 Å². The maximum Gasteiger partial charge on any atom is 0.307 e. The third-order valence-corrected chi connectivity index (χ3v) is 4.78. The molecule has 6 heteroatoms. The van der Waals surface area contributed by atoms with Crippen LogP contribution in [0.15, 0.2) is 48.8 Å². The number of hydrogen-bond donors (Lipinski definition) is 1. The van der Waals surface area contributed by atoms with Gasteiger partial charge in [-0.25, -0.2) is 9.97 Å². The Morgan fingerprint density at radius 2 is 1.86 bits per heavy atom. The van der Waals surface area contributed by atoms with Gasteiger partial charge in [0.25, 0.3) is 0 Å². The van der Waals surface area contributed by atoms with Gasteiger partial charge < -0.3 is 9.84 Å². The molecule has 0 fully saturated rings. The van der Waals surface area contributed by atoms with Crippen LogP contribution in [-0.4, -0.2) is 27.1 Å². The first-order chi connectivity index (χ1) is 13.9. The molecule has 2 aromatic carbocycles. The van der Waals surface area contributed by atoms with E-state index < -0.39 is 5.97 Å². The Bertz CT molecular complexity index is 1020. The van der Waals surface area contributed by atoms with Gasteiger partial charge in [-0.15, -0.1) is 0 Å². The van der Waals surface area contributed by atoms with E-state index in [1.165, 1.54) is 0 Å². The third kappa shape index (κ3) is 4.93. The Balaban J connectivity index is 1.91. The lowest BCUT2D eigenvalue weighted by Crippen LogP contribution is -2.05. The summed E-state index contributed by atoms with van der Waals surface area (Å²) >= 11 is 6.32. The predicted octanol–water partition coefficient (Wildman–Crippen LogP) is 5.44. The van der Waals surface area contributed by atoms with Gasteiger partial charge in [0.1, 0.15) is 5.75 Å². The zero-order chi connectivity index (χ0) is 21.0. The molecule has 1 heterocycles. The van der Waals surface area contributed by atoms with Crippen molar-refractivity contribution in [3.05, 3.63) is 64.9 Å². The minimum Gasteiger partial charge on any atom is -0.489 e. The van der Waals surface area contributed by atoms with Crippen LogP contribution in [0, 0.1) is 0 Å². The summed E-state index contributed by atoms with van der Waals surface area (Å²) in [6.45, 7) is 5.91. The van der Waals surface area contributed by atoms with Crippen molar-refractivity contribution < 1.29 is 14.6 Å². The fraction of sp³-hybridized carbons (Fsp3) is 0.261. The van der Waals surface area contributed by atoms with E-state index in [4.69, 9.17) is 21.4 Å². The third-order valence-electron chi connectivity index (χ3n) is 4.48. The summed E-state index contributed by atoms with van der Waals surface area (Å²) in [4.78, 5) is 20.1. The Kier molecular flexibility index (Phi) is 6.49. The number of hydrogen-bond acceptors (Lipinski definition) is 4. The summed E-state index contributed by atoms with van der Waals surface area (Å²) in [5, 5.41) is 9.67. The van der Waals surface area contributed by atoms with Crippen molar-refractivity contribution in [3.63, 3.8) is 0 Å². The fourth-order valence-electron chi connectivity index (χ4n) is 3.26. The lowest BCUT2D eigenvalue weighted by Gasteiger charge is -2.13. The maximum atomic E-state index is 11.2. The van der Waals surface area contributed by atoms with Crippen molar-refractivity contribution in [2.75, 3.05) is 0 Å². The lowest BCUT2D eigenvalue weighted by molar-refractivity contribution is -0.136. The summed E-state index contributed by atoms with van der Waals surface area (Å²) in [5.41, 5.74) is 4.42. The second-order valence-corrected chi connectivity index (χ2v) is 7.38. The van der Waals surface area contributed by atoms with Crippen molar-refractivity contribution in [1.82, 2.24) is 9.97 Å². The zero-order valence-electron chi connectivity index (χ0n) is 16.6. The molecule has 5 nitrogen and oxygen atoms in total. The number of ether oxygens (including phenoxy) is 1. The zero-order valence-corrected chi connectivity index (χ0v) is 17.4. The van der Waals surface area contributed by atoms with Gasteiger partial charge in [-0.3, -0.25) is 4.79 Å². The Labute approximate surface area is 175 Å². The van der Waals surface area contributed by atoms with Crippen molar-refractivity contribution in [3.8, 4) is 28.3 Å². The van der Waals surface area contributed by atoms with Crippen molar-refractivity contribution in [2.45, 2.75) is 39.7 Å². The molecular formula is C23H23ClN2O3. The minimum atomic E-state index is -0.842. The highest BCUT2D eigenvalue weighted by atomic mass is 35.5. The summed E-state index contributed by atoms with van der Waals surface area (Å²) in [7, 11) is 0. The second-order valence-electron chi connectivity index (χ2n) is 6.97. The van der Waals surface area contributed by atoms with Crippen LogP contribution in [0.3, 0.4) is 0 Å². The van der Waals surface area contributed by atoms with Gasteiger partial charge in [0.05, 0.1) is 17.5 Å². The molecule has 150 valence electrons. The van der Waals surface area contributed by atoms with Gasteiger partial charge >= 0.3 is 5.97 Å². The lowest BCUT2D eigenvalue weighted by atomic mass is 9.93. The molecule has 0 bridgehead atoms. The van der Waals surface area contributed by atoms with Crippen LogP contribution >= 0.6 is 11.6 Å². The summed E-state index contributed by atoms with van der Waals surface area (Å²) in [5.74, 6) is 0.349. The Morgan fingerprint density at radius 1 is 1.14 bits per heavy atom. The number of carboxylic acid groups (broad SMARTS) is 1. The molecule has 29 heavy (non-hydrogen) atoms. The van der Waals surface area contributed by atoms with Crippen LogP contribution in [0.1, 0.15) is 31.9 Å². The van der Waals surface area contributed by atoms with Gasteiger partial charge in [0.15, 0.2) is 5.82 Å². The maximum absolute atomic E-state index is 11.2. The van der Waals surface area contributed by atoms with E-state index in [0.29, 0.717) is 16.6 Å².